The highest BCUT2D eigenvalue weighted by Crippen LogP contribution is 2.47. The molecule has 9 atom stereocenters. The molecular formula is C54H55F9O12. The fourth-order valence-corrected chi connectivity index (χ4v) is 8.38. The third-order valence-corrected chi connectivity index (χ3v) is 12.3. The Balaban J connectivity index is 1.56. The van der Waals surface area contributed by atoms with Crippen molar-refractivity contribution in [1.82, 2.24) is 0 Å². The lowest BCUT2D eigenvalue weighted by molar-refractivity contribution is -0.293. The highest BCUT2D eigenvalue weighted by Gasteiger charge is 2.67. The molecule has 0 amide bonds. The van der Waals surface area contributed by atoms with Gasteiger partial charge in [-0.3, -0.25) is 0 Å². The summed E-state index contributed by atoms with van der Waals surface area (Å²) in [6, 6.07) is 17.7. The number of benzene rings is 3. The maximum atomic E-state index is 15.1. The van der Waals surface area contributed by atoms with Gasteiger partial charge >= 0.3 is 42.4 Å². The Morgan fingerprint density at radius 1 is 0.560 bits per heavy atom. The van der Waals surface area contributed by atoms with Gasteiger partial charge in [-0.25, -0.2) is 19.2 Å². The lowest BCUT2D eigenvalue weighted by Crippen LogP contribution is -2.60. The molecule has 0 radical (unpaired) electrons. The largest absolute Gasteiger partial charge is 0.460 e. The van der Waals surface area contributed by atoms with E-state index in [0.717, 1.165) is 48.6 Å². The van der Waals surface area contributed by atoms with Crippen LogP contribution in [0.5, 0.6) is 0 Å². The van der Waals surface area contributed by atoms with Gasteiger partial charge in [0.05, 0.1) is 6.10 Å². The van der Waals surface area contributed by atoms with Gasteiger partial charge in [-0.2, -0.15) is 39.5 Å². The van der Waals surface area contributed by atoms with Gasteiger partial charge in [0.2, 0.25) is 0 Å². The number of rotatable bonds is 12. The number of halogens is 9. The van der Waals surface area contributed by atoms with Crippen LogP contribution in [0.4, 0.5) is 39.5 Å². The number of esters is 4. The summed E-state index contributed by atoms with van der Waals surface area (Å²) in [5, 5.41) is 0. The summed E-state index contributed by atoms with van der Waals surface area (Å²) in [7, 11) is 1.97. The summed E-state index contributed by atoms with van der Waals surface area (Å²) in [6.45, 7) is 1.62. The Bertz CT molecular complexity index is 2510. The molecule has 1 saturated heterocycles. The first kappa shape index (κ1) is 59.3. The number of methoxy groups -OCH3 is 3. The van der Waals surface area contributed by atoms with E-state index in [1.165, 1.54) is 97.1 Å². The highest BCUT2D eigenvalue weighted by molar-refractivity contribution is 5.84. The molecule has 0 saturated carbocycles. The molecule has 2 aliphatic heterocycles. The van der Waals surface area contributed by atoms with Crippen LogP contribution in [0.3, 0.4) is 0 Å². The lowest BCUT2D eigenvalue weighted by atomic mass is 9.90. The van der Waals surface area contributed by atoms with Crippen LogP contribution in [-0.4, -0.2) is 100 Å². The van der Waals surface area contributed by atoms with Crippen molar-refractivity contribution >= 4 is 23.9 Å². The van der Waals surface area contributed by atoms with Crippen LogP contribution in [0.1, 0.15) is 62.1 Å². The van der Waals surface area contributed by atoms with Gasteiger partial charge in [0.1, 0.15) is 24.4 Å². The molecule has 3 aromatic rings. The van der Waals surface area contributed by atoms with Crippen molar-refractivity contribution in [3.8, 4) is 0 Å². The normalized spacial score (nSPS) is 26.1. The summed E-state index contributed by atoms with van der Waals surface area (Å²) in [6.07, 6.45) is -11.7. The number of alkyl halides is 9. The minimum atomic E-state index is -5.44. The third-order valence-electron chi connectivity index (χ3n) is 12.3. The lowest BCUT2D eigenvalue weighted by Gasteiger charge is -2.45. The first-order chi connectivity index (χ1) is 35.5. The maximum Gasteiger partial charge on any atom is 0.432 e. The average molecular weight is 1070 g/mol. The highest BCUT2D eigenvalue weighted by atomic mass is 19.4. The Morgan fingerprint density at radius 2 is 1.01 bits per heavy atom. The van der Waals surface area contributed by atoms with E-state index in [9.17, 15) is 32.3 Å². The first-order valence-electron chi connectivity index (χ1n) is 23.4. The van der Waals surface area contributed by atoms with E-state index < -0.39 is 125 Å². The molecule has 12 nitrogen and oxygen atoms in total. The van der Waals surface area contributed by atoms with Crippen LogP contribution in [0.2, 0.25) is 0 Å². The predicted molar refractivity (Wildman–Crippen MR) is 251 cm³/mol. The molecule has 0 N–H and O–H groups in total. The van der Waals surface area contributed by atoms with E-state index in [1.807, 2.05) is 0 Å². The van der Waals surface area contributed by atoms with E-state index in [-0.39, 0.29) is 6.42 Å². The Hall–Kier alpha value is -6.55. The van der Waals surface area contributed by atoms with Gasteiger partial charge in [-0.05, 0) is 32.3 Å². The standard InChI is InChI=1S/C54H55F9O12/c1-36-23-11-5-21-33-42-45(75-48(67)51(70-4,54(61,62)63)39-28-16-8-17-29-39)43(74-42)35-41(73-47(66)50(69-3,53(58,59)60)38-26-14-7-15-27-38)32-20-9-18-30-40(31-19-10-22-34-44(64)71-36)72-46(65)49(68-2,52(55,56)57)37-24-12-6-13-25-37/h6-10,12-22,24-30,33-34,36,40-43,45H,5,11,23,31-32,35H2,1-4H3/b19-10+,20-9-,30-18+,33-21+,34-22-/t36-,40-,41+,42+,43-,45+,49+,50+,51+/m1/s1. The molecule has 406 valence electrons. The molecule has 21 heteroatoms. The molecule has 0 spiro atoms. The molecule has 0 aromatic heterocycles. The van der Waals surface area contributed by atoms with Gasteiger partial charge in [-0.1, -0.05) is 140 Å². The third kappa shape index (κ3) is 13.7. The molecule has 75 heavy (non-hydrogen) atoms. The number of hydrogen-bond donors (Lipinski definition) is 0. The topological polar surface area (TPSA) is 142 Å². The summed E-state index contributed by atoms with van der Waals surface area (Å²) in [4.78, 5) is 54.2. The summed E-state index contributed by atoms with van der Waals surface area (Å²) in [5.74, 6) is -6.45. The molecule has 1 fully saturated rings. The van der Waals surface area contributed by atoms with Gasteiger partial charge in [0.15, 0.2) is 6.10 Å². The van der Waals surface area contributed by atoms with Gasteiger partial charge in [0, 0.05) is 63.4 Å². The van der Waals surface area contributed by atoms with Crippen LogP contribution < -0.4 is 0 Å². The van der Waals surface area contributed by atoms with Gasteiger partial charge in [-0.15, -0.1) is 0 Å². The SMILES string of the molecule is CO[C@](C(=O)O[C@H]1C/C=C\C=C\[C@@H](OC(=O)[C@@](OC)(c2ccccc2)C(F)(F)F)C/C=C/C=C\C(=O)O[C@H](C)CCC/C=C/[C@@H]2O[C@H](C1)[C@H]2OC(=O)[C@@](OC)(c1ccccc1)C(F)(F)F)(c1ccccc1)C(F)(F)F. The van der Waals surface area contributed by atoms with Crippen molar-refractivity contribution in [1.29, 1.82) is 0 Å². The molecule has 2 aliphatic rings. The zero-order valence-electron chi connectivity index (χ0n) is 40.9. The van der Waals surface area contributed by atoms with Crippen molar-refractivity contribution in [3.63, 3.8) is 0 Å². The van der Waals surface area contributed by atoms with Crippen molar-refractivity contribution in [2.45, 2.75) is 117 Å². The van der Waals surface area contributed by atoms with E-state index in [2.05, 4.69) is 0 Å². The van der Waals surface area contributed by atoms with Crippen LogP contribution in [0.15, 0.2) is 152 Å². The van der Waals surface area contributed by atoms with Crippen LogP contribution in [-0.2, 0) is 73.9 Å². The number of ether oxygens (including phenoxy) is 8. The van der Waals surface area contributed by atoms with Crippen LogP contribution in [0.25, 0.3) is 0 Å². The van der Waals surface area contributed by atoms with Crippen molar-refractivity contribution < 1.29 is 96.6 Å². The Morgan fingerprint density at radius 3 is 1.49 bits per heavy atom. The van der Waals surface area contributed by atoms with Crippen molar-refractivity contribution in [2.24, 2.45) is 0 Å². The number of fused-ring (bicyclic) bond motifs is 2. The van der Waals surface area contributed by atoms with Crippen LogP contribution in [0, 0.1) is 0 Å². The number of hydrogen-bond acceptors (Lipinski definition) is 12. The molecule has 2 bridgehead atoms. The molecule has 0 aliphatic carbocycles. The van der Waals surface area contributed by atoms with E-state index in [0.29, 0.717) is 40.6 Å². The minimum Gasteiger partial charge on any atom is -0.460 e. The number of allylic oxidation sites excluding steroid dienone is 5. The second-order valence-electron chi connectivity index (χ2n) is 17.1. The summed E-state index contributed by atoms with van der Waals surface area (Å²) < 4.78 is 178. The molecular weight excluding hydrogens is 1010 g/mol. The second kappa shape index (κ2) is 25.8. The minimum absolute atomic E-state index is 0.286. The quantitative estimate of drug-likeness (QED) is 0.0737. The van der Waals surface area contributed by atoms with E-state index >= 15 is 26.3 Å². The molecule has 0 unspecified atom stereocenters. The van der Waals surface area contributed by atoms with Gasteiger partial charge in [0.25, 0.3) is 16.8 Å². The zero-order valence-corrected chi connectivity index (χ0v) is 40.9. The Labute approximate surface area is 426 Å². The summed E-state index contributed by atoms with van der Waals surface area (Å²) >= 11 is 0. The molecule has 5 rings (SSSR count). The average Bonchev–Trinajstić information content (AvgIpc) is 3.35. The van der Waals surface area contributed by atoms with Crippen molar-refractivity contribution in [2.75, 3.05) is 21.3 Å². The number of carbonyl (C=O) groups excluding carboxylic acids is 4. The van der Waals surface area contributed by atoms with Gasteiger partial charge < -0.3 is 37.9 Å². The zero-order chi connectivity index (χ0) is 55.1. The predicted octanol–water partition coefficient (Wildman–Crippen LogP) is 10.9. The Kier molecular flexibility index (Phi) is 20.4. The molecule has 2 heterocycles. The monoisotopic (exact) mass is 1070 g/mol. The number of carbonyl (C=O) groups is 4. The summed E-state index contributed by atoms with van der Waals surface area (Å²) in [5.41, 5.74) is -12.9. The maximum absolute atomic E-state index is 15.1. The van der Waals surface area contributed by atoms with Crippen molar-refractivity contribution in [3.05, 3.63) is 168 Å². The van der Waals surface area contributed by atoms with E-state index in [1.54, 1.807) is 13.0 Å². The van der Waals surface area contributed by atoms with E-state index in [4.69, 9.17) is 37.9 Å². The smallest absolute Gasteiger partial charge is 0.432 e. The fourth-order valence-electron chi connectivity index (χ4n) is 8.38. The second-order valence-corrected chi connectivity index (χ2v) is 17.1. The number of cyclic esters (lactones) is 1. The molecule has 3 aromatic carbocycles. The fraction of sp³-hybridized carbons (Fsp3) is 0.407. The first-order valence-corrected chi connectivity index (χ1v) is 23.4. The van der Waals surface area contributed by atoms with Crippen LogP contribution >= 0.6 is 0 Å².